The number of hydrogen-bond donors (Lipinski definition) is 2. The predicted octanol–water partition coefficient (Wildman–Crippen LogP) is 4.51. The van der Waals surface area contributed by atoms with E-state index in [1.165, 1.54) is 10.4 Å². The number of anilines is 1. The number of nitrogens with zero attached hydrogens (tertiary/aromatic N) is 1. The Balaban J connectivity index is 1.67. The molecule has 0 radical (unpaired) electrons. The minimum Gasteiger partial charge on any atom is -0.494 e. The molecule has 26 heavy (non-hydrogen) atoms. The van der Waals surface area contributed by atoms with Crippen LogP contribution in [0.5, 0.6) is 5.75 Å². The van der Waals surface area contributed by atoms with Crippen molar-refractivity contribution in [3.63, 3.8) is 0 Å². The van der Waals surface area contributed by atoms with Crippen LogP contribution in [0.4, 0.5) is 5.00 Å². The van der Waals surface area contributed by atoms with E-state index in [2.05, 4.69) is 54.3 Å². The average Bonchev–Trinajstić information content (AvgIpc) is 2.99. The molecular weight excluding hydrogens is 482 g/mol. The molecule has 1 amide bonds. The Kier molecular flexibility index (Phi) is 5.02. The maximum absolute atomic E-state index is 12.8. The molecule has 8 heteroatoms. The number of carbonyl (C=O) groups is 1. The molecule has 1 aromatic heterocycles. The topological polar surface area (TPSA) is 53.6 Å². The summed E-state index contributed by atoms with van der Waals surface area (Å²) in [6.07, 6.45) is 0.671. The number of rotatable bonds is 3. The highest BCUT2D eigenvalue weighted by Gasteiger charge is 2.33. The van der Waals surface area contributed by atoms with Crippen LogP contribution in [-0.2, 0) is 13.0 Å². The van der Waals surface area contributed by atoms with Crippen LogP contribution in [0.15, 0.2) is 21.1 Å². The minimum absolute atomic E-state index is 0.00858. The fraction of sp³-hybridized carbons (Fsp3) is 0.389. The minimum atomic E-state index is -0.268. The highest BCUT2D eigenvalue weighted by atomic mass is 79.9. The van der Waals surface area contributed by atoms with E-state index >= 15 is 0 Å². The molecule has 2 aliphatic heterocycles. The fourth-order valence-electron chi connectivity index (χ4n) is 3.55. The van der Waals surface area contributed by atoms with Crippen LogP contribution in [0.2, 0.25) is 0 Å². The summed E-state index contributed by atoms with van der Waals surface area (Å²) >= 11 is 8.78. The number of nitrogens with one attached hydrogen (secondary N) is 2. The molecule has 0 saturated carbocycles. The van der Waals surface area contributed by atoms with Crippen LogP contribution >= 0.6 is 43.2 Å². The number of ether oxygens (including phenoxy) is 1. The quantitative estimate of drug-likeness (QED) is 0.650. The molecule has 2 N–H and O–H groups in total. The third-order valence-corrected chi connectivity index (χ3v) is 7.25. The summed E-state index contributed by atoms with van der Waals surface area (Å²) in [6, 6.07) is 3.94. The van der Waals surface area contributed by atoms with Crippen LogP contribution in [0.1, 0.15) is 39.5 Å². The Morgan fingerprint density at radius 2 is 2.04 bits per heavy atom. The molecule has 138 valence electrons. The van der Waals surface area contributed by atoms with E-state index in [1.54, 1.807) is 18.4 Å². The molecular formula is C18H19Br2N3O2S. The van der Waals surface area contributed by atoms with Crippen molar-refractivity contribution in [1.82, 2.24) is 10.2 Å². The molecule has 3 heterocycles. The second kappa shape index (κ2) is 7.14. The zero-order valence-corrected chi connectivity index (χ0v) is 18.5. The van der Waals surface area contributed by atoms with Gasteiger partial charge in [0.15, 0.2) is 0 Å². The Hall–Kier alpha value is -1.09. The van der Waals surface area contributed by atoms with Crippen molar-refractivity contribution in [2.45, 2.75) is 26.1 Å². The van der Waals surface area contributed by atoms with E-state index in [9.17, 15) is 4.79 Å². The molecule has 2 aliphatic rings. The van der Waals surface area contributed by atoms with Crippen molar-refractivity contribution in [2.24, 2.45) is 0 Å². The van der Waals surface area contributed by atoms with Gasteiger partial charge in [-0.1, -0.05) is 6.92 Å². The summed E-state index contributed by atoms with van der Waals surface area (Å²) in [5.74, 6) is 0.747. The van der Waals surface area contributed by atoms with Gasteiger partial charge in [0.05, 0.1) is 21.6 Å². The van der Waals surface area contributed by atoms with E-state index in [0.29, 0.717) is 0 Å². The third-order valence-electron chi connectivity index (χ3n) is 4.92. The Morgan fingerprint density at radius 1 is 1.31 bits per heavy atom. The summed E-state index contributed by atoms with van der Waals surface area (Å²) in [6.45, 7) is 5.17. The van der Waals surface area contributed by atoms with Crippen molar-refractivity contribution in [3.05, 3.63) is 42.6 Å². The maximum atomic E-state index is 12.8. The first kappa shape index (κ1) is 18.3. The van der Waals surface area contributed by atoms with Crippen LogP contribution < -0.4 is 15.4 Å². The van der Waals surface area contributed by atoms with Crippen molar-refractivity contribution >= 4 is 54.1 Å². The SMILES string of the molecule is CCN1CCc2c(sc3c2C(=O)N[C@H](c2cc(Br)c(OC)c(Br)c2)N3)C1. The first-order valence-electron chi connectivity index (χ1n) is 8.49. The monoisotopic (exact) mass is 499 g/mol. The number of hydrogen-bond acceptors (Lipinski definition) is 5. The smallest absolute Gasteiger partial charge is 0.256 e. The van der Waals surface area contributed by atoms with E-state index < -0.39 is 0 Å². The first-order valence-corrected chi connectivity index (χ1v) is 10.9. The third kappa shape index (κ3) is 3.06. The van der Waals surface area contributed by atoms with Gasteiger partial charge in [0, 0.05) is 18.0 Å². The number of thiophene rings is 1. The highest BCUT2D eigenvalue weighted by Crippen LogP contribution is 2.42. The molecule has 5 nitrogen and oxygen atoms in total. The molecule has 0 bridgehead atoms. The number of benzene rings is 1. The number of halogens is 2. The van der Waals surface area contributed by atoms with Gasteiger partial charge in [-0.05, 0) is 68.1 Å². The lowest BCUT2D eigenvalue weighted by molar-refractivity contribution is 0.0934. The van der Waals surface area contributed by atoms with Crippen LogP contribution in [-0.4, -0.2) is 31.0 Å². The molecule has 4 rings (SSSR count). The standard InChI is InChI=1S/C18H19Br2N3O2S/c1-3-23-5-4-10-13(8-23)26-18-14(10)17(24)21-16(22-18)9-6-11(19)15(25-2)12(20)7-9/h6-7,16,22H,3-5,8H2,1-2H3,(H,21,24)/t16-/m0/s1. The van der Waals surface area contributed by atoms with Gasteiger partial charge in [0.25, 0.3) is 5.91 Å². The van der Waals surface area contributed by atoms with Crippen LogP contribution in [0, 0.1) is 0 Å². The van der Waals surface area contributed by atoms with Gasteiger partial charge in [-0.2, -0.15) is 0 Å². The molecule has 1 atom stereocenters. The predicted molar refractivity (Wildman–Crippen MR) is 111 cm³/mol. The number of likely N-dealkylation sites (N-methyl/N-ethyl adjacent to an activating group) is 1. The van der Waals surface area contributed by atoms with Crippen LogP contribution in [0.25, 0.3) is 0 Å². The molecule has 0 saturated heterocycles. The van der Waals surface area contributed by atoms with Crippen LogP contribution in [0.3, 0.4) is 0 Å². The molecule has 2 aromatic rings. The normalized spacial score (nSPS) is 19.4. The fourth-order valence-corrected chi connectivity index (χ4v) is 6.41. The van der Waals surface area contributed by atoms with E-state index in [4.69, 9.17) is 4.74 Å². The van der Waals surface area contributed by atoms with Gasteiger partial charge < -0.3 is 15.4 Å². The molecule has 0 spiro atoms. The Bertz CT molecular complexity index is 861. The van der Waals surface area contributed by atoms with Crippen molar-refractivity contribution < 1.29 is 9.53 Å². The number of fused-ring (bicyclic) bond motifs is 3. The summed E-state index contributed by atoms with van der Waals surface area (Å²) in [4.78, 5) is 16.6. The van der Waals surface area contributed by atoms with E-state index in [-0.39, 0.29) is 12.1 Å². The van der Waals surface area contributed by atoms with Crippen molar-refractivity contribution in [3.8, 4) is 5.75 Å². The lowest BCUT2D eigenvalue weighted by Gasteiger charge is -2.28. The zero-order valence-electron chi connectivity index (χ0n) is 14.5. The van der Waals surface area contributed by atoms with Gasteiger partial charge in [-0.3, -0.25) is 9.69 Å². The van der Waals surface area contributed by atoms with Gasteiger partial charge in [0.2, 0.25) is 0 Å². The van der Waals surface area contributed by atoms with Gasteiger partial charge in [-0.15, -0.1) is 11.3 Å². The van der Waals surface area contributed by atoms with E-state index in [1.807, 2.05) is 12.1 Å². The Morgan fingerprint density at radius 3 is 2.69 bits per heavy atom. The summed E-state index contributed by atoms with van der Waals surface area (Å²) < 4.78 is 7.05. The lowest BCUT2D eigenvalue weighted by atomic mass is 10.0. The largest absolute Gasteiger partial charge is 0.494 e. The second-order valence-corrected chi connectivity index (χ2v) is 9.21. The lowest BCUT2D eigenvalue weighted by Crippen LogP contribution is -2.38. The Labute approximate surface area is 173 Å². The van der Waals surface area contributed by atoms with Crippen molar-refractivity contribution in [1.29, 1.82) is 0 Å². The van der Waals surface area contributed by atoms with Gasteiger partial charge in [-0.25, -0.2) is 0 Å². The number of carbonyl (C=O) groups excluding carboxylic acids is 1. The summed E-state index contributed by atoms with van der Waals surface area (Å²) in [5.41, 5.74) is 3.02. The molecule has 1 aromatic carbocycles. The van der Waals surface area contributed by atoms with Crippen molar-refractivity contribution in [2.75, 3.05) is 25.5 Å². The molecule has 0 fully saturated rings. The molecule has 0 unspecified atom stereocenters. The zero-order chi connectivity index (χ0) is 18.4. The average molecular weight is 501 g/mol. The molecule has 0 aliphatic carbocycles. The van der Waals surface area contributed by atoms with E-state index in [0.717, 1.165) is 56.9 Å². The second-order valence-electron chi connectivity index (χ2n) is 6.40. The highest BCUT2D eigenvalue weighted by molar-refractivity contribution is 9.11. The number of amides is 1. The maximum Gasteiger partial charge on any atom is 0.256 e. The summed E-state index contributed by atoms with van der Waals surface area (Å²) in [5, 5.41) is 7.59. The number of methoxy groups -OCH3 is 1. The first-order chi connectivity index (χ1) is 12.5. The van der Waals surface area contributed by atoms with Gasteiger partial charge >= 0.3 is 0 Å². The van der Waals surface area contributed by atoms with Gasteiger partial charge in [0.1, 0.15) is 16.9 Å². The summed E-state index contributed by atoms with van der Waals surface area (Å²) in [7, 11) is 1.63.